The highest BCUT2D eigenvalue weighted by molar-refractivity contribution is 7.09. The summed E-state index contributed by atoms with van der Waals surface area (Å²) in [5.41, 5.74) is 0. The van der Waals surface area contributed by atoms with E-state index in [4.69, 9.17) is 0 Å². The smallest absolute Gasteiger partial charge is 0.109 e. The fourth-order valence-corrected chi connectivity index (χ4v) is 2.33. The van der Waals surface area contributed by atoms with Crippen molar-refractivity contribution in [3.8, 4) is 0 Å². The molecule has 0 saturated carbocycles. The van der Waals surface area contributed by atoms with Gasteiger partial charge in [-0.05, 0) is 19.9 Å². The van der Waals surface area contributed by atoms with Gasteiger partial charge < -0.3 is 10.6 Å². The lowest BCUT2D eigenvalue weighted by molar-refractivity contribution is 0.477. The number of hydrogen-bond donors (Lipinski definition) is 2. The zero-order valence-electron chi connectivity index (χ0n) is 8.19. The first kappa shape index (κ1) is 11.9. The predicted molar refractivity (Wildman–Crippen MR) is 62.2 cm³/mol. The summed E-state index contributed by atoms with van der Waals surface area (Å²) in [6, 6.07) is 1.02. The topological polar surface area (TPSA) is 37.0 Å². The predicted octanol–water partition coefficient (Wildman–Crippen LogP) is 1.58. The molecule has 1 aromatic rings. The van der Waals surface area contributed by atoms with Crippen molar-refractivity contribution < 1.29 is 0 Å². The van der Waals surface area contributed by atoms with Crippen LogP contribution in [-0.4, -0.2) is 24.1 Å². The van der Waals surface area contributed by atoms with Crippen molar-refractivity contribution in [2.24, 2.45) is 0 Å². The van der Waals surface area contributed by atoms with Crippen LogP contribution >= 0.6 is 23.7 Å². The second-order valence-electron chi connectivity index (χ2n) is 3.45. The van der Waals surface area contributed by atoms with E-state index in [0.29, 0.717) is 12.1 Å². The van der Waals surface area contributed by atoms with Crippen LogP contribution in [0.25, 0.3) is 0 Å². The summed E-state index contributed by atoms with van der Waals surface area (Å²) in [6.45, 7) is 4.41. The van der Waals surface area contributed by atoms with Gasteiger partial charge in [-0.1, -0.05) is 0 Å². The molecule has 3 nitrogen and oxygen atoms in total. The maximum atomic E-state index is 4.29. The molecule has 0 aromatic carbocycles. The molecule has 5 heteroatoms. The Labute approximate surface area is 94.7 Å². The van der Waals surface area contributed by atoms with E-state index in [1.165, 1.54) is 11.4 Å². The van der Waals surface area contributed by atoms with E-state index in [2.05, 4.69) is 22.5 Å². The lowest BCUT2D eigenvalue weighted by atomic mass is 10.2. The van der Waals surface area contributed by atoms with Crippen LogP contribution in [0.1, 0.15) is 24.4 Å². The Morgan fingerprint density at radius 3 is 3.14 bits per heavy atom. The number of thiazole rings is 1. The van der Waals surface area contributed by atoms with Crippen LogP contribution in [0.5, 0.6) is 0 Å². The number of aromatic nitrogens is 1. The molecule has 0 radical (unpaired) electrons. The summed E-state index contributed by atoms with van der Waals surface area (Å²) >= 11 is 1.72. The standard InChI is InChI=1S/C9H15N3S.ClH/c1-7(9-11-4-5-13-9)12-8-2-3-10-6-8;/h4-5,7-8,10,12H,2-3,6H2,1H3;1H/t7?,8-;/m0./s1. The maximum absolute atomic E-state index is 4.29. The quantitative estimate of drug-likeness (QED) is 0.833. The Morgan fingerprint density at radius 1 is 1.71 bits per heavy atom. The Kier molecular flexibility index (Phi) is 4.81. The second-order valence-corrected chi connectivity index (χ2v) is 4.37. The zero-order chi connectivity index (χ0) is 9.10. The normalized spacial score (nSPS) is 23.1. The lowest BCUT2D eigenvalue weighted by Crippen LogP contribution is -2.33. The first-order chi connectivity index (χ1) is 6.36. The van der Waals surface area contributed by atoms with Crippen molar-refractivity contribution in [3.63, 3.8) is 0 Å². The summed E-state index contributed by atoms with van der Waals surface area (Å²) in [7, 11) is 0. The summed E-state index contributed by atoms with van der Waals surface area (Å²) in [5.74, 6) is 0. The van der Waals surface area contributed by atoms with Gasteiger partial charge in [-0.15, -0.1) is 23.7 Å². The molecular weight excluding hydrogens is 218 g/mol. The highest BCUT2D eigenvalue weighted by Crippen LogP contribution is 2.16. The molecule has 0 aliphatic carbocycles. The van der Waals surface area contributed by atoms with E-state index in [-0.39, 0.29) is 12.4 Å². The molecule has 1 fully saturated rings. The molecule has 1 aliphatic rings. The first-order valence-corrected chi connectivity index (χ1v) is 5.60. The molecule has 14 heavy (non-hydrogen) atoms. The van der Waals surface area contributed by atoms with Crippen molar-refractivity contribution in [2.75, 3.05) is 13.1 Å². The first-order valence-electron chi connectivity index (χ1n) is 4.72. The van der Waals surface area contributed by atoms with E-state index in [1.807, 2.05) is 11.6 Å². The summed E-state index contributed by atoms with van der Waals surface area (Å²) in [5, 5.41) is 10.1. The monoisotopic (exact) mass is 233 g/mol. The van der Waals surface area contributed by atoms with Crippen molar-refractivity contribution in [3.05, 3.63) is 16.6 Å². The van der Waals surface area contributed by atoms with E-state index in [1.54, 1.807) is 11.3 Å². The van der Waals surface area contributed by atoms with Crippen LogP contribution in [-0.2, 0) is 0 Å². The van der Waals surface area contributed by atoms with E-state index < -0.39 is 0 Å². The van der Waals surface area contributed by atoms with Gasteiger partial charge in [-0.2, -0.15) is 0 Å². The molecule has 0 bridgehead atoms. The average molecular weight is 234 g/mol. The van der Waals surface area contributed by atoms with Gasteiger partial charge in [0.2, 0.25) is 0 Å². The highest BCUT2D eigenvalue weighted by Gasteiger charge is 2.17. The number of rotatable bonds is 3. The molecule has 1 saturated heterocycles. The molecule has 0 spiro atoms. The van der Waals surface area contributed by atoms with Crippen LogP contribution in [0.4, 0.5) is 0 Å². The highest BCUT2D eigenvalue weighted by atomic mass is 35.5. The van der Waals surface area contributed by atoms with E-state index in [0.717, 1.165) is 13.1 Å². The minimum absolute atomic E-state index is 0. The largest absolute Gasteiger partial charge is 0.315 e. The minimum atomic E-state index is 0. The molecule has 1 unspecified atom stereocenters. The van der Waals surface area contributed by atoms with Crippen LogP contribution in [0, 0.1) is 0 Å². The number of nitrogens with zero attached hydrogens (tertiary/aromatic N) is 1. The molecule has 80 valence electrons. The lowest BCUT2D eigenvalue weighted by Gasteiger charge is -2.16. The molecular formula is C9H16ClN3S. The van der Waals surface area contributed by atoms with Crippen molar-refractivity contribution in [1.82, 2.24) is 15.6 Å². The van der Waals surface area contributed by atoms with Crippen molar-refractivity contribution in [1.29, 1.82) is 0 Å². The third-order valence-electron chi connectivity index (χ3n) is 2.37. The van der Waals surface area contributed by atoms with Gasteiger partial charge in [0, 0.05) is 24.2 Å². The Bertz CT molecular complexity index is 247. The van der Waals surface area contributed by atoms with Crippen LogP contribution in [0.3, 0.4) is 0 Å². The fourth-order valence-electron chi connectivity index (χ4n) is 1.67. The Balaban J connectivity index is 0.000000980. The molecule has 2 rings (SSSR count). The summed E-state index contributed by atoms with van der Waals surface area (Å²) in [6.07, 6.45) is 3.10. The van der Waals surface area contributed by atoms with Gasteiger partial charge in [0.05, 0.1) is 6.04 Å². The van der Waals surface area contributed by atoms with E-state index >= 15 is 0 Å². The van der Waals surface area contributed by atoms with Gasteiger partial charge in [-0.3, -0.25) is 0 Å². The summed E-state index contributed by atoms with van der Waals surface area (Å²) < 4.78 is 0. The average Bonchev–Trinajstić information content (AvgIpc) is 2.74. The Hall–Kier alpha value is -0.160. The molecule has 2 N–H and O–H groups in total. The molecule has 2 atom stereocenters. The van der Waals surface area contributed by atoms with Crippen LogP contribution < -0.4 is 10.6 Å². The van der Waals surface area contributed by atoms with Gasteiger partial charge in [-0.25, -0.2) is 4.98 Å². The van der Waals surface area contributed by atoms with Crippen LogP contribution in [0.15, 0.2) is 11.6 Å². The van der Waals surface area contributed by atoms with Crippen molar-refractivity contribution in [2.45, 2.75) is 25.4 Å². The fraction of sp³-hybridized carbons (Fsp3) is 0.667. The maximum Gasteiger partial charge on any atom is 0.109 e. The zero-order valence-corrected chi connectivity index (χ0v) is 9.83. The Morgan fingerprint density at radius 2 is 2.57 bits per heavy atom. The summed E-state index contributed by atoms with van der Waals surface area (Å²) in [4.78, 5) is 4.29. The van der Waals surface area contributed by atoms with Gasteiger partial charge in [0.25, 0.3) is 0 Å². The minimum Gasteiger partial charge on any atom is -0.315 e. The number of halogens is 1. The van der Waals surface area contributed by atoms with Gasteiger partial charge in [0.15, 0.2) is 0 Å². The molecule has 1 aromatic heterocycles. The molecule has 1 aliphatic heterocycles. The number of nitrogens with one attached hydrogen (secondary N) is 2. The third kappa shape index (κ3) is 2.92. The second kappa shape index (κ2) is 5.66. The molecule has 2 heterocycles. The number of hydrogen-bond acceptors (Lipinski definition) is 4. The SMILES string of the molecule is CC(N[C@H]1CCNC1)c1nccs1.Cl. The molecule has 0 amide bonds. The van der Waals surface area contributed by atoms with E-state index in [9.17, 15) is 0 Å². The van der Waals surface area contributed by atoms with Crippen molar-refractivity contribution >= 4 is 23.7 Å². The van der Waals surface area contributed by atoms with Crippen LogP contribution in [0.2, 0.25) is 0 Å². The van der Waals surface area contributed by atoms with Gasteiger partial charge >= 0.3 is 0 Å². The third-order valence-corrected chi connectivity index (χ3v) is 3.33. The van der Waals surface area contributed by atoms with Gasteiger partial charge in [0.1, 0.15) is 5.01 Å².